The molecule has 2 aromatic rings. The van der Waals surface area contributed by atoms with E-state index >= 15 is 0 Å². The third-order valence-corrected chi connectivity index (χ3v) is 4.57. The third kappa shape index (κ3) is 3.93. The Morgan fingerprint density at radius 1 is 1.29 bits per heavy atom. The summed E-state index contributed by atoms with van der Waals surface area (Å²) >= 11 is 1.19. The van der Waals surface area contributed by atoms with E-state index in [2.05, 4.69) is 10.3 Å². The summed E-state index contributed by atoms with van der Waals surface area (Å²) in [5.41, 5.74) is 0.0572. The summed E-state index contributed by atoms with van der Waals surface area (Å²) in [7, 11) is 0. The average Bonchev–Trinajstić information content (AvgIpc) is 3.03. The number of ether oxygens (including phenoxy) is 1. The topological polar surface area (TPSA) is 51.2 Å². The van der Waals surface area contributed by atoms with Gasteiger partial charge in [-0.3, -0.25) is 4.79 Å². The van der Waals surface area contributed by atoms with Gasteiger partial charge in [0, 0.05) is 30.1 Å². The first-order valence-corrected chi connectivity index (χ1v) is 8.33. The number of alkyl halides is 3. The molecule has 0 saturated carbocycles. The summed E-state index contributed by atoms with van der Waals surface area (Å²) in [5, 5.41) is 4.76. The molecule has 3 rings (SSSR count). The van der Waals surface area contributed by atoms with Crippen LogP contribution in [0, 0.1) is 5.92 Å². The summed E-state index contributed by atoms with van der Waals surface area (Å²) < 4.78 is 43.6. The predicted octanol–water partition coefficient (Wildman–Crippen LogP) is 4.19. The van der Waals surface area contributed by atoms with E-state index in [4.69, 9.17) is 4.74 Å². The van der Waals surface area contributed by atoms with Crippen molar-refractivity contribution in [1.29, 1.82) is 0 Å². The number of carbonyl (C=O) groups is 1. The lowest BCUT2D eigenvalue weighted by atomic mass is 10.00. The van der Waals surface area contributed by atoms with Gasteiger partial charge in [-0.15, -0.1) is 11.3 Å². The molecule has 0 spiro atoms. The lowest BCUT2D eigenvalue weighted by Crippen LogP contribution is -2.28. The lowest BCUT2D eigenvalue weighted by Gasteiger charge is -2.20. The van der Waals surface area contributed by atoms with Gasteiger partial charge < -0.3 is 10.1 Å². The van der Waals surface area contributed by atoms with Gasteiger partial charge in [0.2, 0.25) is 5.91 Å². The van der Waals surface area contributed by atoms with Crippen molar-refractivity contribution in [2.24, 2.45) is 5.92 Å². The van der Waals surface area contributed by atoms with Gasteiger partial charge in [-0.1, -0.05) is 12.1 Å². The second-order valence-electron chi connectivity index (χ2n) is 5.49. The van der Waals surface area contributed by atoms with Crippen molar-refractivity contribution in [1.82, 2.24) is 4.98 Å². The monoisotopic (exact) mass is 356 g/mol. The molecule has 0 bridgehead atoms. The first-order valence-electron chi connectivity index (χ1n) is 7.45. The molecule has 0 aliphatic carbocycles. The number of thiazole rings is 1. The predicted molar refractivity (Wildman–Crippen MR) is 84.7 cm³/mol. The van der Waals surface area contributed by atoms with Crippen molar-refractivity contribution in [3.05, 3.63) is 35.2 Å². The number of carbonyl (C=O) groups excluding carboxylic acids is 1. The highest BCUT2D eigenvalue weighted by Crippen LogP contribution is 2.33. The summed E-state index contributed by atoms with van der Waals surface area (Å²) in [4.78, 5) is 16.4. The van der Waals surface area contributed by atoms with Gasteiger partial charge in [-0.2, -0.15) is 13.2 Å². The van der Waals surface area contributed by atoms with E-state index in [0.717, 1.165) is 12.1 Å². The number of amides is 1. The highest BCUT2D eigenvalue weighted by atomic mass is 32.1. The number of halogens is 3. The summed E-state index contributed by atoms with van der Waals surface area (Å²) in [6.45, 7) is 1.12. The van der Waals surface area contributed by atoms with Crippen LogP contribution in [0.1, 0.15) is 18.4 Å². The van der Waals surface area contributed by atoms with Gasteiger partial charge in [0.05, 0.1) is 11.3 Å². The normalized spacial score (nSPS) is 16.1. The molecule has 1 saturated heterocycles. The second kappa shape index (κ2) is 6.90. The number of nitrogens with one attached hydrogen (secondary N) is 1. The zero-order valence-electron chi connectivity index (χ0n) is 12.6. The Bertz CT molecular complexity index is 724. The molecular weight excluding hydrogens is 341 g/mol. The second-order valence-corrected chi connectivity index (χ2v) is 6.35. The molecule has 1 amide bonds. The van der Waals surface area contributed by atoms with Crippen molar-refractivity contribution in [3.8, 4) is 11.3 Å². The average molecular weight is 356 g/mol. The highest BCUT2D eigenvalue weighted by Gasteiger charge is 2.30. The van der Waals surface area contributed by atoms with E-state index in [1.54, 1.807) is 11.4 Å². The number of aromatic nitrogens is 1. The zero-order valence-corrected chi connectivity index (χ0v) is 13.4. The Kier molecular flexibility index (Phi) is 4.86. The van der Waals surface area contributed by atoms with Gasteiger partial charge in [0.15, 0.2) is 5.13 Å². The van der Waals surface area contributed by atoms with Crippen LogP contribution < -0.4 is 5.32 Å². The van der Waals surface area contributed by atoms with Crippen LogP contribution in [0.25, 0.3) is 11.3 Å². The highest BCUT2D eigenvalue weighted by molar-refractivity contribution is 7.14. The van der Waals surface area contributed by atoms with Crippen LogP contribution in [-0.4, -0.2) is 24.1 Å². The standard InChI is InChI=1S/C16H15F3N2O2S/c17-16(18,19)12-3-1-2-11(8-12)13-9-24-15(20-13)21-14(22)10-4-6-23-7-5-10/h1-3,8-10H,4-7H2,(H,20,21,22). The van der Waals surface area contributed by atoms with E-state index in [-0.39, 0.29) is 11.8 Å². The van der Waals surface area contributed by atoms with Crippen molar-refractivity contribution in [2.45, 2.75) is 19.0 Å². The molecule has 1 aliphatic heterocycles. The van der Waals surface area contributed by atoms with Crippen molar-refractivity contribution in [3.63, 3.8) is 0 Å². The Labute approximate surface area is 140 Å². The van der Waals surface area contributed by atoms with Crippen LogP contribution in [0.15, 0.2) is 29.6 Å². The molecule has 1 aromatic carbocycles. The van der Waals surface area contributed by atoms with E-state index in [0.29, 0.717) is 42.4 Å². The van der Waals surface area contributed by atoms with Gasteiger partial charge in [0.25, 0.3) is 0 Å². The van der Waals surface area contributed by atoms with Gasteiger partial charge in [-0.05, 0) is 25.0 Å². The smallest absolute Gasteiger partial charge is 0.381 e. The SMILES string of the molecule is O=C(Nc1nc(-c2cccc(C(F)(F)F)c2)cs1)C1CCOCC1. The minimum atomic E-state index is -4.40. The molecule has 0 atom stereocenters. The van der Waals surface area contributed by atoms with E-state index < -0.39 is 11.7 Å². The lowest BCUT2D eigenvalue weighted by molar-refractivity contribution is -0.137. The number of rotatable bonds is 3. The van der Waals surface area contributed by atoms with Crippen molar-refractivity contribution < 1.29 is 22.7 Å². The maximum Gasteiger partial charge on any atom is 0.416 e. The minimum absolute atomic E-state index is 0.111. The molecule has 1 fully saturated rings. The van der Waals surface area contributed by atoms with Crippen LogP contribution in [0.5, 0.6) is 0 Å². The van der Waals surface area contributed by atoms with Crippen LogP contribution in [-0.2, 0) is 15.7 Å². The molecule has 1 aromatic heterocycles. The number of benzene rings is 1. The van der Waals surface area contributed by atoms with Crippen LogP contribution >= 0.6 is 11.3 Å². The molecule has 24 heavy (non-hydrogen) atoms. The van der Waals surface area contributed by atoms with E-state index in [1.807, 2.05) is 0 Å². The Hall–Kier alpha value is -1.93. The zero-order chi connectivity index (χ0) is 17.2. The minimum Gasteiger partial charge on any atom is -0.381 e. The maximum absolute atomic E-state index is 12.8. The number of hydrogen-bond acceptors (Lipinski definition) is 4. The van der Waals surface area contributed by atoms with Crippen LogP contribution in [0.2, 0.25) is 0 Å². The fraction of sp³-hybridized carbons (Fsp3) is 0.375. The fourth-order valence-electron chi connectivity index (χ4n) is 2.49. The molecule has 1 N–H and O–H groups in total. The molecule has 4 nitrogen and oxygen atoms in total. The Morgan fingerprint density at radius 3 is 2.75 bits per heavy atom. The maximum atomic E-state index is 12.8. The fourth-order valence-corrected chi connectivity index (χ4v) is 3.21. The van der Waals surface area contributed by atoms with Gasteiger partial charge in [-0.25, -0.2) is 4.98 Å². The van der Waals surface area contributed by atoms with Gasteiger partial charge >= 0.3 is 6.18 Å². The van der Waals surface area contributed by atoms with E-state index in [1.165, 1.54) is 17.4 Å². The molecule has 128 valence electrons. The molecular formula is C16H15F3N2O2S. The quantitative estimate of drug-likeness (QED) is 0.897. The summed E-state index contributed by atoms with van der Waals surface area (Å²) in [6.07, 6.45) is -3.07. The number of nitrogens with zero attached hydrogens (tertiary/aromatic N) is 1. The number of hydrogen-bond donors (Lipinski definition) is 1. The van der Waals surface area contributed by atoms with Gasteiger partial charge in [0.1, 0.15) is 0 Å². The Balaban J connectivity index is 1.72. The first-order chi connectivity index (χ1) is 11.4. The van der Waals surface area contributed by atoms with E-state index in [9.17, 15) is 18.0 Å². The molecule has 1 aliphatic rings. The molecule has 2 heterocycles. The first kappa shape index (κ1) is 16.9. The molecule has 0 unspecified atom stereocenters. The third-order valence-electron chi connectivity index (χ3n) is 3.81. The van der Waals surface area contributed by atoms with Crippen molar-refractivity contribution >= 4 is 22.4 Å². The van der Waals surface area contributed by atoms with Crippen LogP contribution in [0.4, 0.5) is 18.3 Å². The number of anilines is 1. The van der Waals surface area contributed by atoms with Crippen LogP contribution in [0.3, 0.4) is 0 Å². The largest absolute Gasteiger partial charge is 0.416 e. The van der Waals surface area contributed by atoms with Crippen molar-refractivity contribution in [2.75, 3.05) is 18.5 Å². The molecule has 0 radical (unpaired) electrons. The summed E-state index contributed by atoms with van der Waals surface area (Å²) in [5.74, 6) is -0.233. The summed E-state index contributed by atoms with van der Waals surface area (Å²) in [6, 6.07) is 4.98. The Morgan fingerprint density at radius 2 is 2.04 bits per heavy atom. The molecule has 8 heteroatoms.